The number of hydrogen-bond acceptors (Lipinski definition) is 4. The number of methoxy groups -OCH3 is 1. The Morgan fingerprint density at radius 3 is 2.76 bits per heavy atom. The van der Waals surface area contributed by atoms with E-state index in [1.807, 2.05) is 6.07 Å². The second kappa shape index (κ2) is 6.56. The van der Waals surface area contributed by atoms with Gasteiger partial charge >= 0.3 is 17.8 Å². The van der Waals surface area contributed by atoms with Crippen LogP contribution in [0.15, 0.2) is 30.5 Å². The number of esters is 1. The molecule has 0 aliphatic rings. The summed E-state index contributed by atoms with van der Waals surface area (Å²) in [4.78, 5) is 37.3. The average Bonchev–Trinajstić information content (AvgIpc) is 2.96. The molecular weight excluding hydrogens is 274 g/mol. The number of hydrogen-bond donors (Lipinski definition) is 3. The molecule has 0 radical (unpaired) electrons. The lowest BCUT2D eigenvalue weighted by Gasteiger charge is -2.07. The zero-order valence-electron chi connectivity index (χ0n) is 11.4. The third-order valence-electron chi connectivity index (χ3n) is 2.89. The Morgan fingerprint density at radius 2 is 2.00 bits per heavy atom. The van der Waals surface area contributed by atoms with E-state index in [1.165, 1.54) is 7.11 Å². The van der Waals surface area contributed by atoms with Crippen LogP contribution in [0.3, 0.4) is 0 Å². The summed E-state index contributed by atoms with van der Waals surface area (Å²) in [6, 6.07) is 7.14. The highest BCUT2D eigenvalue weighted by Crippen LogP contribution is 2.21. The smallest absolute Gasteiger partial charge is 0.313 e. The van der Waals surface area contributed by atoms with Crippen LogP contribution in [0.25, 0.3) is 10.9 Å². The summed E-state index contributed by atoms with van der Waals surface area (Å²) >= 11 is 0. The van der Waals surface area contributed by atoms with E-state index in [1.54, 1.807) is 24.4 Å². The molecule has 0 unspecified atom stereocenters. The molecule has 2 rings (SSSR count). The van der Waals surface area contributed by atoms with Gasteiger partial charge in [-0.15, -0.1) is 0 Å². The first-order valence-corrected chi connectivity index (χ1v) is 6.34. The van der Waals surface area contributed by atoms with Gasteiger partial charge in [0.05, 0.1) is 19.2 Å². The summed E-state index contributed by atoms with van der Waals surface area (Å²) in [6.45, 7) is 0.0489. The van der Waals surface area contributed by atoms with E-state index in [4.69, 9.17) is 0 Å². The molecule has 0 aliphatic carbocycles. The standard InChI is InChI=1S/C14H15N3O4/c1-21-12(18)6-8-16-13(19)14(20)17-11-4-2-3-10-9(11)5-7-15-10/h2-5,7,15H,6,8H2,1H3,(H,16,19)(H,17,20). The molecular formula is C14H15N3O4. The van der Waals surface area contributed by atoms with Crippen LogP contribution in [0.1, 0.15) is 6.42 Å². The predicted molar refractivity (Wildman–Crippen MR) is 76.6 cm³/mol. The summed E-state index contributed by atoms with van der Waals surface area (Å²) < 4.78 is 4.43. The molecule has 3 N–H and O–H groups in total. The Balaban J connectivity index is 1.93. The minimum Gasteiger partial charge on any atom is -0.469 e. The Kier molecular flexibility index (Phi) is 4.55. The first-order valence-electron chi connectivity index (χ1n) is 6.34. The summed E-state index contributed by atoms with van der Waals surface area (Å²) in [5, 5.41) is 5.70. The van der Waals surface area contributed by atoms with E-state index in [-0.39, 0.29) is 13.0 Å². The van der Waals surface area contributed by atoms with E-state index in [9.17, 15) is 14.4 Å². The van der Waals surface area contributed by atoms with Gasteiger partial charge in [-0.1, -0.05) is 6.07 Å². The Bertz CT molecular complexity index is 678. The summed E-state index contributed by atoms with van der Waals surface area (Å²) in [7, 11) is 1.26. The molecule has 0 saturated carbocycles. The number of carbonyl (C=O) groups is 3. The number of aromatic nitrogens is 1. The molecule has 7 heteroatoms. The van der Waals surface area contributed by atoms with Crippen molar-refractivity contribution in [1.82, 2.24) is 10.3 Å². The summed E-state index contributed by atoms with van der Waals surface area (Å²) in [5.74, 6) is -2.03. The van der Waals surface area contributed by atoms with E-state index in [2.05, 4.69) is 20.4 Å². The molecule has 1 aromatic heterocycles. The Labute approximate surface area is 120 Å². The molecule has 2 aromatic rings. The van der Waals surface area contributed by atoms with Gasteiger partial charge < -0.3 is 20.4 Å². The number of carbonyl (C=O) groups excluding carboxylic acids is 3. The van der Waals surface area contributed by atoms with E-state index in [0.717, 1.165) is 10.9 Å². The number of nitrogens with one attached hydrogen (secondary N) is 3. The summed E-state index contributed by atoms with van der Waals surface area (Å²) in [5.41, 5.74) is 1.40. The number of H-pyrrole nitrogens is 1. The maximum atomic E-state index is 11.8. The molecule has 0 saturated heterocycles. The second-order valence-electron chi connectivity index (χ2n) is 4.28. The lowest BCUT2D eigenvalue weighted by atomic mass is 10.2. The fourth-order valence-electron chi connectivity index (χ4n) is 1.83. The Morgan fingerprint density at radius 1 is 1.19 bits per heavy atom. The lowest BCUT2D eigenvalue weighted by molar-refractivity contribution is -0.141. The highest BCUT2D eigenvalue weighted by Gasteiger charge is 2.15. The summed E-state index contributed by atoms with van der Waals surface area (Å²) in [6.07, 6.45) is 1.76. The number of anilines is 1. The van der Waals surface area contributed by atoms with Gasteiger partial charge in [-0.2, -0.15) is 0 Å². The Hall–Kier alpha value is -2.83. The minimum absolute atomic E-state index is 0.0168. The zero-order valence-corrected chi connectivity index (χ0v) is 11.4. The molecule has 0 bridgehead atoms. The predicted octanol–water partition coefficient (Wildman–Crippen LogP) is 0.786. The van der Waals surface area contributed by atoms with Crippen molar-refractivity contribution in [2.45, 2.75) is 6.42 Å². The van der Waals surface area contributed by atoms with Crippen molar-refractivity contribution in [3.8, 4) is 0 Å². The van der Waals surface area contributed by atoms with Crippen molar-refractivity contribution in [3.63, 3.8) is 0 Å². The van der Waals surface area contributed by atoms with Crippen LogP contribution in [0.5, 0.6) is 0 Å². The van der Waals surface area contributed by atoms with Crippen molar-refractivity contribution >= 4 is 34.4 Å². The second-order valence-corrected chi connectivity index (χ2v) is 4.28. The van der Waals surface area contributed by atoms with Crippen LogP contribution in [0.4, 0.5) is 5.69 Å². The number of rotatable bonds is 4. The first-order chi connectivity index (χ1) is 10.1. The SMILES string of the molecule is COC(=O)CCNC(=O)C(=O)Nc1cccc2[nH]ccc12. The zero-order chi connectivity index (χ0) is 15.2. The number of aromatic amines is 1. The van der Waals surface area contributed by atoms with Crippen LogP contribution >= 0.6 is 0 Å². The van der Waals surface area contributed by atoms with E-state index in [0.29, 0.717) is 5.69 Å². The van der Waals surface area contributed by atoms with Crippen molar-refractivity contribution in [2.24, 2.45) is 0 Å². The van der Waals surface area contributed by atoms with E-state index >= 15 is 0 Å². The molecule has 0 fully saturated rings. The molecule has 0 atom stereocenters. The molecule has 0 spiro atoms. The molecule has 0 aliphatic heterocycles. The number of ether oxygens (including phenoxy) is 1. The molecule has 1 heterocycles. The minimum atomic E-state index is -0.800. The van der Waals surface area contributed by atoms with Crippen molar-refractivity contribution in [2.75, 3.05) is 19.0 Å². The van der Waals surface area contributed by atoms with Gasteiger partial charge in [-0.3, -0.25) is 14.4 Å². The number of benzene rings is 1. The van der Waals surface area contributed by atoms with Gasteiger partial charge in [0.1, 0.15) is 0 Å². The fraction of sp³-hybridized carbons (Fsp3) is 0.214. The van der Waals surface area contributed by atoms with Gasteiger partial charge in [0.25, 0.3) is 0 Å². The highest BCUT2D eigenvalue weighted by molar-refractivity contribution is 6.40. The molecule has 110 valence electrons. The number of amides is 2. The van der Waals surface area contributed by atoms with Crippen LogP contribution in [-0.2, 0) is 19.1 Å². The maximum Gasteiger partial charge on any atom is 0.313 e. The highest BCUT2D eigenvalue weighted by atomic mass is 16.5. The fourth-order valence-corrected chi connectivity index (χ4v) is 1.83. The third-order valence-corrected chi connectivity index (χ3v) is 2.89. The number of fused-ring (bicyclic) bond motifs is 1. The van der Waals surface area contributed by atoms with Crippen molar-refractivity contribution in [1.29, 1.82) is 0 Å². The van der Waals surface area contributed by atoms with Gasteiger partial charge in [-0.05, 0) is 18.2 Å². The van der Waals surface area contributed by atoms with Crippen LogP contribution in [0.2, 0.25) is 0 Å². The molecule has 1 aromatic carbocycles. The van der Waals surface area contributed by atoms with Crippen LogP contribution < -0.4 is 10.6 Å². The normalized spacial score (nSPS) is 10.1. The van der Waals surface area contributed by atoms with Gasteiger partial charge in [0, 0.05) is 23.6 Å². The van der Waals surface area contributed by atoms with E-state index < -0.39 is 17.8 Å². The third kappa shape index (κ3) is 3.59. The topological polar surface area (TPSA) is 100 Å². The van der Waals surface area contributed by atoms with Crippen LogP contribution in [-0.4, -0.2) is 36.4 Å². The van der Waals surface area contributed by atoms with Crippen molar-refractivity contribution in [3.05, 3.63) is 30.5 Å². The maximum absolute atomic E-state index is 11.8. The lowest BCUT2D eigenvalue weighted by Crippen LogP contribution is -2.36. The first kappa shape index (κ1) is 14.6. The van der Waals surface area contributed by atoms with Crippen molar-refractivity contribution < 1.29 is 19.1 Å². The van der Waals surface area contributed by atoms with Gasteiger partial charge in [0.15, 0.2) is 0 Å². The quantitative estimate of drug-likeness (QED) is 0.572. The average molecular weight is 289 g/mol. The molecule has 7 nitrogen and oxygen atoms in total. The molecule has 21 heavy (non-hydrogen) atoms. The van der Waals surface area contributed by atoms with Gasteiger partial charge in [0.2, 0.25) is 0 Å². The van der Waals surface area contributed by atoms with Gasteiger partial charge in [-0.25, -0.2) is 0 Å². The molecule has 2 amide bonds. The van der Waals surface area contributed by atoms with Crippen LogP contribution in [0, 0.1) is 0 Å². The monoisotopic (exact) mass is 289 g/mol. The largest absolute Gasteiger partial charge is 0.469 e.